The summed E-state index contributed by atoms with van der Waals surface area (Å²) in [5.74, 6) is -1.25. The van der Waals surface area contributed by atoms with Crippen LogP contribution in [0.4, 0.5) is 26.1 Å². The Morgan fingerprint density at radius 1 is 1.14 bits per heavy atom. The number of halogens is 3. The molecule has 1 fully saturated rings. The number of amides is 1. The quantitative estimate of drug-likeness (QED) is 0.704. The summed E-state index contributed by atoms with van der Waals surface area (Å²) >= 11 is 6.10. The zero-order chi connectivity index (χ0) is 19.7. The van der Waals surface area contributed by atoms with Gasteiger partial charge in [-0.05, 0) is 24.6 Å². The van der Waals surface area contributed by atoms with E-state index in [0.29, 0.717) is 24.3 Å². The molecule has 3 heterocycles. The number of nitrogens with one attached hydrogen (secondary N) is 1. The molecule has 1 aliphatic rings. The van der Waals surface area contributed by atoms with Gasteiger partial charge in [0.15, 0.2) is 0 Å². The molecule has 0 aliphatic carbocycles. The Hall–Kier alpha value is -3.13. The van der Waals surface area contributed by atoms with E-state index in [-0.39, 0.29) is 28.1 Å². The topological polar surface area (TPSA) is 71.0 Å². The molecule has 0 radical (unpaired) electrons. The molecule has 6 nitrogen and oxygen atoms in total. The first-order valence-electron chi connectivity index (χ1n) is 8.51. The van der Waals surface area contributed by atoms with Crippen molar-refractivity contribution in [2.24, 2.45) is 0 Å². The predicted molar refractivity (Wildman–Crippen MR) is 102 cm³/mol. The SMILES string of the molecule is O=C1CCCN1c1cncc(Nc2ncc(Cl)c(-c3ccc(F)cc3F)n2)c1. The second-order valence-electron chi connectivity index (χ2n) is 6.22. The van der Waals surface area contributed by atoms with E-state index >= 15 is 0 Å². The Kier molecular flexibility index (Phi) is 4.87. The van der Waals surface area contributed by atoms with Crippen LogP contribution < -0.4 is 10.2 Å². The summed E-state index contributed by atoms with van der Waals surface area (Å²) in [4.78, 5) is 26.1. The molecule has 0 bridgehead atoms. The Bertz CT molecular complexity index is 1060. The number of carbonyl (C=O) groups excluding carboxylic acids is 1. The molecule has 142 valence electrons. The van der Waals surface area contributed by atoms with E-state index < -0.39 is 11.6 Å². The number of benzene rings is 1. The smallest absolute Gasteiger partial charge is 0.227 e. The lowest BCUT2D eigenvalue weighted by Gasteiger charge is -2.16. The lowest BCUT2D eigenvalue weighted by atomic mass is 10.1. The van der Waals surface area contributed by atoms with Crippen LogP contribution in [0.2, 0.25) is 5.02 Å². The summed E-state index contributed by atoms with van der Waals surface area (Å²) in [6, 6.07) is 4.92. The normalized spacial score (nSPS) is 13.8. The standard InChI is InChI=1S/C19H14ClF2N5O/c20-15-10-24-19(26-18(15)14-4-3-11(21)6-16(14)22)25-12-7-13(9-23-8-12)27-5-1-2-17(27)28/h3-4,6-10H,1-2,5H2,(H,24,25,26). The maximum absolute atomic E-state index is 14.1. The average molecular weight is 402 g/mol. The maximum Gasteiger partial charge on any atom is 0.227 e. The summed E-state index contributed by atoms with van der Waals surface area (Å²) in [6.07, 6.45) is 5.82. The number of carbonyl (C=O) groups is 1. The van der Waals surface area contributed by atoms with Crippen molar-refractivity contribution in [1.29, 1.82) is 0 Å². The van der Waals surface area contributed by atoms with Crippen LogP contribution in [0.1, 0.15) is 12.8 Å². The average Bonchev–Trinajstić information content (AvgIpc) is 3.10. The molecular formula is C19H14ClF2N5O. The van der Waals surface area contributed by atoms with Crippen molar-refractivity contribution in [3.05, 3.63) is 59.5 Å². The van der Waals surface area contributed by atoms with Gasteiger partial charge in [-0.25, -0.2) is 18.7 Å². The second-order valence-corrected chi connectivity index (χ2v) is 6.63. The van der Waals surface area contributed by atoms with E-state index in [1.165, 1.54) is 12.3 Å². The summed E-state index contributed by atoms with van der Waals surface area (Å²) < 4.78 is 27.3. The van der Waals surface area contributed by atoms with Crippen molar-refractivity contribution >= 4 is 34.8 Å². The molecule has 1 N–H and O–H groups in total. The highest BCUT2D eigenvalue weighted by Gasteiger charge is 2.22. The minimum atomic E-state index is -0.775. The Morgan fingerprint density at radius 3 is 2.75 bits per heavy atom. The first kappa shape index (κ1) is 18.2. The fraction of sp³-hybridized carbons (Fsp3) is 0.158. The van der Waals surface area contributed by atoms with E-state index in [4.69, 9.17) is 11.6 Å². The van der Waals surface area contributed by atoms with E-state index in [2.05, 4.69) is 20.3 Å². The number of aromatic nitrogens is 3. The van der Waals surface area contributed by atoms with Gasteiger partial charge < -0.3 is 10.2 Å². The van der Waals surface area contributed by atoms with Crippen LogP contribution in [0, 0.1) is 11.6 Å². The molecular weight excluding hydrogens is 388 g/mol. The Morgan fingerprint density at radius 2 is 2.00 bits per heavy atom. The van der Waals surface area contributed by atoms with Crippen molar-refractivity contribution in [3.63, 3.8) is 0 Å². The van der Waals surface area contributed by atoms with Crippen molar-refractivity contribution in [2.75, 3.05) is 16.8 Å². The zero-order valence-electron chi connectivity index (χ0n) is 14.5. The van der Waals surface area contributed by atoms with Gasteiger partial charge in [0.25, 0.3) is 0 Å². The zero-order valence-corrected chi connectivity index (χ0v) is 15.2. The van der Waals surface area contributed by atoms with Gasteiger partial charge in [0.1, 0.15) is 11.6 Å². The van der Waals surface area contributed by atoms with Crippen molar-refractivity contribution in [1.82, 2.24) is 15.0 Å². The third-order valence-corrected chi connectivity index (χ3v) is 4.57. The third-order valence-electron chi connectivity index (χ3n) is 4.30. The highest BCUT2D eigenvalue weighted by Crippen LogP contribution is 2.30. The first-order chi connectivity index (χ1) is 13.5. The van der Waals surface area contributed by atoms with Crippen LogP contribution >= 0.6 is 11.6 Å². The Balaban J connectivity index is 1.63. The van der Waals surface area contributed by atoms with Gasteiger partial charge in [-0.3, -0.25) is 9.78 Å². The highest BCUT2D eigenvalue weighted by molar-refractivity contribution is 6.32. The summed E-state index contributed by atoms with van der Waals surface area (Å²) in [6.45, 7) is 0.648. The van der Waals surface area contributed by atoms with Gasteiger partial charge in [-0.1, -0.05) is 11.6 Å². The molecule has 1 amide bonds. The summed E-state index contributed by atoms with van der Waals surface area (Å²) in [7, 11) is 0. The van der Waals surface area contributed by atoms with Crippen LogP contribution in [0.25, 0.3) is 11.3 Å². The molecule has 0 unspecified atom stereocenters. The van der Waals surface area contributed by atoms with Crippen LogP contribution in [0.3, 0.4) is 0 Å². The molecule has 4 rings (SSSR count). The lowest BCUT2D eigenvalue weighted by molar-refractivity contribution is -0.117. The molecule has 9 heteroatoms. The number of rotatable bonds is 4. The van der Waals surface area contributed by atoms with Crippen LogP contribution in [0.15, 0.2) is 42.9 Å². The molecule has 0 saturated carbocycles. The molecule has 3 aromatic rings. The fourth-order valence-electron chi connectivity index (χ4n) is 2.99. The molecule has 0 atom stereocenters. The van der Waals surface area contributed by atoms with Gasteiger partial charge in [0.05, 0.1) is 40.7 Å². The number of pyridine rings is 1. The second kappa shape index (κ2) is 7.47. The molecule has 28 heavy (non-hydrogen) atoms. The monoisotopic (exact) mass is 401 g/mol. The van der Waals surface area contributed by atoms with Crippen LogP contribution in [0.5, 0.6) is 0 Å². The summed E-state index contributed by atoms with van der Waals surface area (Å²) in [5.41, 5.74) is 1.43. The number of anilines is 3. The largest absolute Gasteiger partial charge is 0.323 e. The molecule has 0 spiro atoms. The van der Waals surface area contributed by atoms with E-state index in [1.54, 1.807) is 23.4 Å². The van der Waals surface area contributed by atoms with Crippen LogP contribution in [-0.4, -0.2) is 27.4 Å². The lowest BCUT2D eigenvalue weighted by Crippen LogP contribution is -2.23. The highest BCUT2D eigenvalue weighted by atomic mass is 35.5. The minimum absolute atomic E-state index is 0.0516. The van der Waals surface area contributed by atoms with E-state index in [0.717, 1.165) is 18.6 Å². The van der Waals surface area contributed by atoms with Crippen LogP contribution in [-0.2, 0) is 4.79 Å². The first-order valence-corrected chi connectivity index (χ1v) is 8.89. The van der Waals surface area contributed by atoms with Crippen molar-refractivity contribution in [2.45, 2.75) is 12.8 Å². The van der Waals surface area contributed by atoms with Gasteiger partial charge >= 0.3 is 0 Å². The molecule has 1 aromatic carbocycles. The molecule has 1 saturated heterocycles. The summed E-state index contributed by atoms with van der Waals surface area (Å²) in [5, 5.41) is 3.10. The fourth-order valence-corrected chi connectivity index (χ4v) is 3.18. The Labute approximate surface area is 164 Å². The maximum atomic E-state index is 14.1. The van der Waals surface area contributed by atoms with E-state index in [9.17, 15) is 13.6 Å². The third kappa shape index (κ3) is 3.63. The van der Waals surface area contributed by atoms with Gasteiger partial charge in [-0.15, -0.1) is 0 Å². The van der Waals surface area contributed by atoms with Gasteiger partial charge in [-0.2, -0.15) is 0 Å². The molecule has 2 aromatic heterocycles. The van der Waals surface area contributed by atoms with Gasteiger partial charge in [0, 0.05) is 24.6 Å². The minimum Gasteiger partial charge on any atom is -0.323 e. The number of nitrogens with zero attached hydrogens (tertiary/aromatic N) is 4. The predicted octanol–water partition coefficient (Wildman–Crippen LogP) is 4.34. The molecule has 1 aliphatic heterocycles. The van der Waals surface area contributed by atoms with Crippen molar-refractivity contribution < 1.29 is 13.6 Å². The van der Waals surface area contributed by atoms with Gasteiger partial charge in [0.2, 0.25) is 11.9 Å². The van der Waals surface area contributed by atoms with E-state index in [1.807, 2.05) is 0 Å². The number of hydrogen-bond donors (Lipinski definition) is 1. The van der Waals surface area contributed by atoms with Crippen molar-refractivity contribution in [3.8, 4) is 11.3 Å². The number of hydrogen-bond acceptors (Lipinski definition) is 5.